The SMILES string of the molecule is CN1CCC(SC=CC2=C(C(=O)OC(c3ccccc3)c3ccccc3)N3C(=O)[C@@H](NC(=O)OC(C)(C)C)[C@H]3SC2)CC1. The molecule has 0 spiro atoms. The van der Waals surface area contributed by atoms with Crippen LogP contribution in [0.2, 0.25) is 0 Å². The van der Waals surface area contributed by atoms with Gasteiger partial charge in [0.15, 0.2) is 6.10 Å². The zero-order valence-corrected chi connectivity index (χ0v) is 26.7. The van der Waals surface area contributed by atoms with Gasteiger partial charge in [-0.05, 0) is 81.9 Å². The van der Waals surface area contributed by atoms with Crippen LogP contribution >= 0.6 is 23.5 Å². The van der Waals surface area contributed by atoms with Crippen molar-refractivity contribution in [3.05, 3.63) is 94.5 Å². The van der Waals surface area contributed by atoms with E-state index < -0.39 is 35.2 Å². The Bertz CT molecular complexity index is 1330. The summed E-state index contributed by atoms with van der Waals surface area (Å²) in [4.78, 5) is 43.9. The summed E-state index contributed by atoms with van der Waals surface area (Å²) >= 11 is 3.28. The molecule has 0 aromatic heterocycles. The molecule has 10 heteroatoms. The molecule has 0 radical (unpaired) electrons. The number of rotatable bonds is 8. The minimum atomic E-state index is -0.791. The molecule has 2 aromatic carbocycles. The average Bonchev–Trinajstić information content (AvgIpc) is 2.99. The molecule has 3 aliphatic rings. The van der Waals surface area contributed by atoms with Gasteiger partial charge in [0.2, 0.25) is 0 Å². The van der Waals surface area contributed by atoms with Crippen LogP contribution in [0.4, 0.5) is 4.79 Å². The molecule has 3 heterocycles. The van der Waals surface area contributed by atoms with E-state index in [4.69, 9.17) is 9.47 Å². The largest absolute Gasteiger partial charge is 0.448 e. The number of β-lactam (4-membered cyclic amide) rings is 1. The van der Waals surface area contributed by atoms with Crippen LogP contribution in [0, 0.1) is 0 Å². The van der Waals surface area contributed by atoms with E-state index in [1.54, 1.807) is 32.5 Å². The van der Waals surface area contributed by atoms with E-state index in [0.29, 0.717) is 11.0 Å². The topological polar surface area (TPSA) is 88.2 Å². The molecule has 8 nitrogen and oxygen atoms in total. The summed E-state index contributed by atoms with van der Waals surface area (Å²) < 4.78 is 11.6. The second kappa shape index (κ2) is 13.6. The third kappa shape index (κ3) is 7.66. The number of hydrogen-bond donors (Lipinski definition) is 1. The molecule has 0 unspecified atom stereocenters. The number of carbonyl (C=O) groups is 3. The van der Waals surface area contributed by atoms with Gasteiger partial charge in [-0.15, -0.1) is 23.5 Å². The predicted molar refractivity (Wildman–Crippen MR) is 171 cm³/mol. The van der Waals surface area contributed by atoms with Gasteiger partial charge in [0.05, 0.1) is 0 Å². The summed E-state index contributed by atoms with van der Waals surface area (Å²) in [6.07, 6.45) is 2.85. The maximum Gasteiger partial charge on any atom is 0.408 e. The number of likely N-dealkylation sites (tertiary alicyclic amines) is 1. The van der Waals surface area contributed by atoms with Crippen LogP contribution < -0.4 is 5.32 Å². The van der Waals surface area contributed by atoms with Crippen LogP contribution in [0.15, 0.2) is 83.4 Å². The van der Waals surface area contributed by atoms with E-state index in [0.717, 1.165) is 42.6 Å². The minimum absolute atomic E-state index is 0.230. The normalized spacial score (nSPS) is 21.5. The van der Waals surface area contributed by atoms with Crippen LogP contribution in [0.5, 0.6) is 0 Å². The molecule has 2 saturated heterocycles. The number of amides is 2. The number of hydrogen-bond acceptors (Lipinski definition) is 8. The van der Waals surface area contributed by atoms with Gasteiger partial charge in [0.25, 0.3) is 5.91 Å². The smallest absolute Gasteiger partial charge is 0.408 e. The molecular formula is C33H39N3O5S2. The van der Waals surface area contributed by atoms with Gasteiger partial charge in [-0.2, -0.15) is 0 Å². The summed E-state index contributed by atoms with van der Waals surface area (Å²) in [5.41, 5.74) is 1.93. The van der Waals surface area contributed by atoms with Crippen molar-refractivity contribution in [1.29, 1.82) is 0 Å². The molecule has 228 valence electrons. The van der Waals surface area contributed by atoms with Crippen LogP contribution in [0.1, 0.15) is 50.8 Å². The summed E-state index contributed by atoms with van der Waals surface area (Å²) in [6.45, 7) is 7.44. The third-order valence-electron chi connectivity index (χ3n) is 7.50. The summed E-state index contributed by atoms with van der Waals surface area (Å²) in [5, 5.41) is 4.83. The molecule has 2 fully saturated rings. The van der Waals surface area contributed by atoms with Crippen molar-refractivity contribution < 1.29 is 23.9 Å². The monoisotopic (exact) mass is 621 g/mol. The lowest BCUT2D eigenvalue weighted by molar-refractivity contribution is -0.153. The second-order valence-electron chi connectivity index (χ2n) is 12.0. The fourth-order valence-corrected chi connectivity index (χ4v) is 7.56. The number of esters is 1. The number of carbonyl (C=O) groups excluding carboxylic acids is 3. The number of allylic oxidation sites excluding steroid dienone is 1. The minimum Gasteiger partial charge on any atom is -0.448 e. The van der Waals surface area contributed by atoms with Crippen molar-refractivity contribution in [2.24, 2.45) is 0 Å². The Hall–Kier alpha value is -3.21. The number of ether oxygens (including phenoxy) is 2. The number of piperidine rings is 1. The van der Waals surface area contributed by atoms with Crippen LogP contribution in [0.3, 0.4) is 0 Å². The summed E-state index contributed by atoms with van der Waals surface area (Å²) in [5.74, 6) is -0.437. The van der Waals surface area contributed by atoms with Crippen molar-refractivity contribution in [2.45, 2.75) is 62.0 Å². The summed E-state index contributed by atoms with van der Waals surface area (Å²) in [7, 11) is 2.14. The second-order valence-corrected chi connectivity index (χ2v) is 14.3. The highest BCUT2D eigenvalue weighted by Gasteiger charge is 2.54. The van der Waals surface area contributed by atoms with E-state index in [-0.39, 0.29) is 11.6 Å². The van der Waals surface area contributed by atoms with Crippen molar-refractivity contribution in [1.82, 2.24) is 15.1 Å². The van der Waals surface area contributed by atoms with Gasteiger partial charge in [-0.3, -0.25) is 9.69 Å². The molecule has 1 N–H and O–H groups in total. The zero-order valence-electron chi connectivity index (χ0n) is 25.0. The maximum absolute atomic E-state index is 14.1. The standard InChI is InChI=1S/C33H39N3O5S2/c1-33(2,3)41-32(39)34-26-29(37)36-27(24(21-43-30(26)36)17-20-42-25-15-18-35(4)19-16-25)31(38)40-28(22-11-7-5-8-12-22)23-13-9-6-10-14-23/h5-14,17,20,25-26,28,30H,15-16,18-19,21H2,1-4H3,(H,34,39)/t26-,30-/m1/s1. The van der Waals surface area contributed by atoms with Gasteiger partial charge in [-0.1, -0.05) is 60.7 Å². The Kier molecular flexibility index (Phi) is 9.88. The molecule has 0 saturated carbocycles. The van der Waals surface area contributed by atoms with Gasteiger partial charge < -0.3 is 19.7 Å². The van der Waals surface area contributed by atoms with E-state index in [1.165, 1.54) is 16.7 Å². The van der Waals surface area contributed by atoms with E-state index >= 15 is 0 Å². The van der Waals surface area contributed by atoms with Crippen LogP contribution in [-0.4, -0.2) is 75.9 Å². The Morgan fingerprint density at radius 2 is 1.63 bits per heavy atom. The van der Waals surface area contributed by atoms with Gasteiger partial charge >= 0.3 is 12.1 Å². The average molecular weight is 622 g/mol. The number of benzene rings is 2. The highest BCUT2D eigenvalue weighted by Crippen LogP contribution is 2.42. The number of fused-ring (bicyclic) bond motifs is 1. The molecule has 3 aliphatic heterocycles. The fraction of sp³-hybridized carbons (Fsp3) is 0.424. The number of nitrogens with zero attached hydrogens (tertiary/aromatic N) is 2. The Morgan fingerprint density at radius 1 is 1.02 bits per heavy atom. The zero-order chi connectivity index (χ0) is 30.6. The first-order chi connectivity index (χ1) is 20.6. The van der Waals surface area contributed by atoms with Gasteiger partial charge in [0, 0.05) is 11.0 Å². The fourth-order valence-electron chi connectivity index (χ4n) is 5.30. The van der Waals surface area contributed by atoms with Gasteiger partial charge in [0.1, 0.15) is 22.7 Å². The predicted octanol–water partition coefficient (Wildman–Crippen LogP) is 5.72. The Morgan fingerprint density at radius 3 is 2.21 bits per heavy atom. The lowest BCUT2D eigenvalue weighted by Crippen LogP contribution is -2.70. The van der Waals surface area contributed by atoms with Crippen molar-refractivity contribution >= 4 is 41.5 Å². The molecule has 2 atom stereocenters. The lowest BCUT2D eigenvalue weighted by atomic mass is 10.0. The molecule has 2 aromatic rings. The van der Waals surface area contributed by atoms with Crippen molar-refractivity contribution in [2.75, 3.05) is 25.9 Å². The van der Waals surface area contributed by atoms with Crippen LogP contribution in [0.25, 0.3) is 0 Å². The molecule has 0 bridgehead atoms. The van der Waals surface area contributed by atoms with E-state index in [2.05, 4.69) is 17.3 Å². The maximum atomic E-state index is 14.1. The first kappa shape index (κ1) is 31.2. The first-order valence-corrected chi connectivity index (χ1v) is 16.6. The van der Waals surface area contributed by atoms with Gasteiger partial charge in [-0.25, -0.2) is 9.59 Å². The molecule has 43 heavy (non-hydrogen) atoms. The Balaban J connectivity index is 1.41. The third-order valence-corrected chi connectivity index (χ3v) is 9.95. The van der Waals surface area contributed by atoms with E-state index in [9.17, 15) is 14.4 Å². The molecule has 0 aliphatic carbocycles. The number of alkyl carbamates (subject to hydrolysis) is 1. The van der Waals surface area contributed by atoms with Crippen LogP contribution in [-0.2, 0) is 19.1 Å². The highest BCUT2D eigenvalue weighted by atomic mass is 32.2. The Labute approximate surface area is 262 Å². The number of thioether (sulfide) groups is 2. The molecule has 2 amide bonds. The molecule has 5 rings (SSSR count). The van der Waals surface area contributed by atoms with E-state index in [1.807, 2.05) is 72.1 Å². The lowest BCUT2D eigenvalue weighted by Gasteiger charge is -2.49. The highest BCUT2D eigenvalue weighted by molar-refractivity contribution is 8.02. The first-order valence-electron chi connectivity index (χ1n) is 14.6. The summed E-state index contributed by atoms with van der Waals surface area (Å²) in [6, 6.07) is 18.4. The number of nitrogens with one attached hydrogen (secondary N) is 1. The van der Waals surface area contributed by atoms with Crippen molar-refractivity contribution in [3.8, 4) is 0 Å². The van der Waals surface area contributed by atoms with Crippen molar-refractivity contribution in [3.63, 3.8) is 0 Å². The molecular weight excluding hydrogens is 583 g/mol. The quantitative estimate of drug-likeness (QED) is 0.296.